The molecule has 4 aliphatic heterocycles. The number of carboxylic acid groups (broad SMARTS) is 1. The maximum absolute atomic E-state index is 13.6. The molecule has 3 fully saturated rings. The fourth-order valence-electron chi connectivity index (χ4n) is 10.9. The standard InChI is InChI=1S/C53H53N9O6S/c1-59-49-39(48(58-59)40-16-18-46(63)56-51(40)65)11-6-13-43(49)61-25-19-32(29-61)28-60-23-20-33(21-24-60)35-8-4-9-37(27-35)68-31-36-15-17-45(55-47(36)52(66)67)62-26-22-34-7-5-10-38(41(34)30-62)50(64)57-53-54-42-12-2-3-14-44(42)69-53/h2-15,17,27,32-33,40H,16,18-26,28-31H2,1H3,(H,66,67)(H,54,57,64)(H,56,63,65)/t32-,40?/m0/s1. The number of amides is 3. The molecule has 69 heavy (non-hydrogen) atoms. The van der Waals surface area contributed by atoms with Crippen molar-refractivity contribution in [2.75, 3.05) is 54.4 Å². The minimum absolute atomic E-state index is 0.0537. The van der Waals surface area contributed by atoms with Crippen molar-refractivity contribution in [3.63, 3.8) is 0 Å². The zero-order chi connectivity index (χ0) is 47.2. The molecule has 7 heterocycles. The van der Waals surface area contributed by atoms with Crippen LogP contribution < -0.4 is 25.2 Å². The molecule has 15 nitrogen and oxygen atoms in total. The number of ether oxygens (including phenoxy) is 1. The molecule has 352 valence electrons. The second-order valence-corrected chi connectivity index (χ2v) is 19.8. The summed E-state index contributed by atoms with van der Waals surface area (Å²) in [5, 5.41) is 22.1. The van der Waals surface area contributed by atoms with Crippen molar-refractivity contribution in [1.82, 2.24) is 30.0 Å². The second-order valence-electron chi connectivity index (χ2n) is 18.8. The molecule has 3 aromatic heterocycles. The lowest BCUT2D eigenvalue weighted by atomic mass is 9.89. The quantitative estimate of drug-likeness (QED) is 0.101. The summed E-state index contributed by atoms with van der Waals surface area (Å²) >= 11 is 1.43. The van der Waals surface area contributed by atoms with Gasteiger partial charge in [-0.15, -0.1) is 0 Å². The summed E-state index contributed by atoms with van der Waals surface area (Å²) in [6.07, 6.45) is 4.68. The highest BCUT2D eigenvalue weighted by Crippen LogP contribution is 2.38. The number of piperidine rings is 2. The van der Waals surface area contributed by atoms with Crippen molar-refractivity contribution in [1.29, 1.82) is 0 Å². The predicted molar refractivity (Wildman–Crippen MR) is 265 cm³/mol. The minimum atomic E-state index is -1.12. The van der Waals surface area contributed by atoms with E-state index in [0.717, 1.165) is 95.6 Å². The number of pyridine rings is 1. The number of carboxylic acids is 1. The van der Waals surface area contributed by atoms with Crippen molar-refractivity contribution >= 4 is 72.8 Å². The molecule has 3 N–H and O–H groups in total. The van der Waals surface area contributed by atoms with Crippen LogP contribution in [0.1, 0.15) is 92.7 Å². The number of nitrogens with zero attached hydrogens (tertiary/aromatic N) is 7. The summed E-state index contributed by atoms with van der Waals surface area (Å²) in [4.78, 5) is 67.1. The maximum atomic E-state index is 13.6. The number of benzene rings is 4. The molecule has 4 aliphatic rings. The van der Waals surface area contributed by atoms with E-state index < -0.39 is 11.9 Å². The average Bonchev–Trinajstić information content (AvgIpc) is 4.10. The van der Waals surface area contributed by atoms with Gasteiger partial charge in [0.25, 0.3) is 5.91 Å². The second kappa shape index (κ2) is 18.7. The smallest absolute Gasteiger partial charge is 0.354 e. The molecule has 16 heteroatoms. The first kappa shape index (κ1) is 44.3. The van der Waals surface area contributed by atoms with Crippen LogP contribution >= 0.6 is 11.3 Å². The Morgan fingerprint density at radius 1 is 0.870 bits per heavy atom. The number of anilines is 3. The summed E-state index contributed by atoms with van der Waals surface area (Å²) in [6.45, 7) is 6.09. The van der Waals surface area contributed by atoms with E-state index in [1.807, 2.05) is 83.4 Å². The van der Waals surface area contributed by atoms with Crippen LogP contribution in [-0.2, 0) is 36.2 Å². The Hall–Kier alpha value is -7.17. The van der Waals surface area contributed by atoms with Crippen molar-refractivity contribution in [2.45, 2.75) is 63.5 Å². The lowest BCUT2D eigenvalue weighted by molar-refractivity contribution is -0.134. The van der Waals surface area contributed by atoms with Gasteiger partial charge in [0.2, 0.25) is 11.8 Å². The molecule has 1 unspecified atom stereocenters. The van der Waals surface area contributed by atoms with Gasteiger partial charge in [-0.2, -0.15) is 5.10 Å². The first-order valence-electron chi connectivity index (χ1n) is 23.9. The normalized spacial score (nSPS) is 19.0. The van der Waals surface area contributed by atoms with Crippen LogP contribution in [0, 0.1) is 5.92 Å². The number of para-hydroxylation sites is 2. The van der Waals surface area contributed by atoms with E-state index in [4.69, 9.17) is 9.84 Å². The summed E-state index contributed by atoms with van der Waals surface area (Å²) in [5.41, 5.74) is 7.94. The summed E-state index contributed by atoms with van der Waals surface area (Å²) in [6, 6.07) is 31.6. The van der Waals surface area contributed by atoms with Gasteiger partial charge in [0, 0.05) is 62.7 Å². The Morgan fingerprint density at radius 2 is 1.71 bits per heavy atom. The number of fused-ring (bicyclic) bond motifs is 3. The van der Waals surface area contributed by atoms with E-state index in [1.54, 1.807) is 6.07 Å². The Balaban J connectivity index is 0.690. The molecule has 2 atom stereocenters. The minimum Gasteiger partial charge on any atom is -0.489 e. The summed E-state index contributed by atoms with van der Waals surface area (Å²) in [5.74, 6) is -0.111. The van der Waals surface area contributed by atoms with Crippen LogP contribution in [0.5, 0.6) is 5.75 Å². The van der Waals surface area contributed by atoms with E-state index in [9.17, 15) is 24.3 Å². The molecular weight excluding hydrogens is 891 g/mol. The molecule has 4 aromatic carbocycles. The van der Waals surface area contributed by atoms with Gasteiger partial charge in [0.05, 0.1) is 33.0 Å². The largest absolute Gasteiger partial charge is 0.489 e. The third-order valence-electron chi connectivity index (χ3n) is 14.4. The van der Waals surface area contributed by atoms with Crippen LogP contribution in [0.15, 0.2) is 97.1 Å². The number of imide groups is 1. The Labute approximate surface area is 403 Å². The van der Waals surface area contributed by atoms with E-state index in [1.165, 1.54) is 16.9 Å². The number of rotatable bonds is 12. The van der Waals surface area contributed by atoms with Gasteiger partial charge in [0.15, 0.2) is 10.8 Å². The number of hydrogen-bond acceptors (Lipinski definition) is 12. The zero-order valence-electron chi connectivity index (χ0n) is 38.4. The van der Waals surface area contributed by atoms with Crippen LogP contribution in [0.25, 0.3) is 21.1 Å². The van der Waals surface area contributed by atoms with Gasteiger partial charge < -0.3 is 24.5 Å². The Kier molecular flexibility index (Phi) is 12.0. The summed E-state index contributed by atoms with van der Waals surface area (Å²) in [7, 11) is 1.94. The van der Waals surface area contributed by atoms with Crippen LogP contribution in [0.4, 0.5) is 16.6 Å². The van der Waals surface area contributed by atoms with Crippen LogP contribution in [-0.4, -0.2) is 92.7 Å². The number of aromatic nitrogens is 4. The molecule has 7 aromatic rings. The van der Waals surface area contributed by atoms with E-state index in [0.29, 0.717) is 72.0 Å². The Morgan fingerprint density at radius 3 is 2.55 bits per heavy atom. The molecule has 11 rings (SSSR count). The number of carbonyl (C=O) groups excluding carboxylic acids is 3. The number of carbonyl (C=O) groups is 4. The van der Waals surface area contributed by atoms with E-state index >= 15 is 0 Å². The molecule has 0 bridgehead atoms. The van der Waals surface area contributed by atoms with Gasteiger partial charge in [-0.05, 0) is 122 Å². The fraction of sp³-hybridized carbons (Fsp3) is 0.340. The number of hydrogen-bond donors (Lipinski definition) is 3. The van der Waals surface area contributed by atoms with Crippen molar-refractivity contribution in [3.05, 3.63) is 136 Å². The topological polar surface area (TPSA) is 175 Å². The fourth-order valence-corrected chi connectivity index (χ4v) is 11.7. The van der Waals surface area contributed by atoms with Crippen LogP contribution in [0.3, 0.4) is 0 Å². The molecule has 3 amide bonds. The van der Waals surface area contributed by atoms with Gasteiger partial charge in [-0.25, -0.2) is 14.8 Å². The third kappa shape index (κ3) is 9.01. The summed E-state index contributed by atoms with van der Waals surface area (Å²) < 4.78 is 9.16. The third-order valence-corrected chi connectivity index (χ3v) is 15.4. The first-order valence-corrected chi connectivity index (χ1v) is 24.7. The monoisotopic (exact) mass is 943 g/mol. The molecule has 0 radical (unpaired) electrons. The van der Waals surface area contributed by atoms with E-state index in [2.05, 4.69) is 54.7 Å². The first-order chi connectivity index (χ1) is 33.6. The molecule has 0 spiro atoms. The van der Waals surface area contributed by atoms with Gasteiger partial charge in [-0.1, -0.05) is 59.9 Å². The molecule has 0 aliphatic carbocycles. The SMILES string of the molecule is Cn1nc(C2CCC(=O)NC2=O)c2cccc(N3CC[C@@H](CN4CCC(c5cccc(OCc6ccc(N7CCc8cccc(C(=O)Nc9nc%10ccccc%10s9)c8C7)nc6C(=O)O)c5)CC4)C3)c21. The number of aromatic carboxylic acids is 1. The lowest BCUT2D eigenvalue weighted by Crippen LogP contribution is -2.39. The number of aryl methyl sites for hydroxylation is 1. The maximum Gasteiger partial charge on any atom is 0.354 e. The van der Waals surface area contributed by atoms with Crippen molar-refractivity contribution < 1.29 is 29.0 Å². The van der Waals surface area contributed by atoms with Gasteiger partial charge in [0.1, 0.15) is 18.2 Å². The number of thiazole rings is 1. The Bertz CT molecular complexity index is 3110. The highest BCUT2D eigenvalue weighted by atomic mass is 32.1. The molecule has 3 saturated heterocycles. The molecule has 0 saturated carbocycles. The number of nitrogens with one attached hydrogen (secondary N) is 2. The molecular formula is C53H53N9O6S. The zero-order valence-corrected chi connectivity index (χ0v) is 39.2. The average molecular weight is 944 g/mol. The van der Waals surface area contributed by atoms with Gasteiger partial charge in [-0.3, -0.25) is 29.7 Å². The lowest BCUT2D eigenvalue weighted by Gasteiger charge is -2.34. The highest BCUT2D eigenvalue weighted by molar-refractivity contribution is 7.22. The predicted octanol–water partition coefficient (Wildman–Crippen LogP) is 7.90. The highest BCUT2D eigenvalue weighted by Gasteiger charge is 2.34. The number of likely N-dealkylation sites (tertiary alicyclic amines) is 1. The van der Waals surface area contributed by atoms with Gasteiger partial charge >= 0.3 is 5.97 Å². The van der Waals surface area contributed by atoms with Crippen LogP contribution in [0.2, 0.25) is 0 Å². The van der Waals surface area contributed by atoms with E-state index in [-0.39, 0.29) is 30.0 Å². The van der Waals surface area contributed by atoms with Crippen molar-refractivity contribution in [3.8, 4) is 5.75 Å². The van der Waals surface area contributed by atoms with Crippen molar-refractivity contribution in [2.24, 2.45) is 13.0 Å².